The van der Waals surface area contributed by atoms with E-state index in [0.717, 1.165) is 58.9 Å². The SMILES string of the molecule is COC(=O)c1c(N2CC[C@H](CO)C2)sc(-c2ccc3c(c2)ncn3C2CCCOC2)c1N. The summed E-state index contributed by atoms with van der Waals surface area (Å²) in [6.45, 7) is 3.16. The highest BCUT2D eigenvalue weighted by atomic mass is 32.1. The Hall–Kier alpha value is -2.62. The number of fused-ring (bicyclic) bond motifs is 1. The fourth-order valence-electron chi connectivity index (χ4n) is 4.74. The molecule has 2 fully saturated rings. The number of thiophene rings is 1. The molecule has 0 bridgehead atoms. The number of imidazole rings is 1. The van der Waals surface area contributed by atoms with Crippen LogP contribution < -0.4 is 10.6 Å². The zero-order valence-electron chi connectivity index (χ0n) is 18.1. The van der Waals surface area contributed by atoms with Gasteiger partial charge >= 0.3 is 5.97 Å². The minimum absolute atomic E-state index is 0.142. The van der Waals surface area contributed by atoms with Crippen LogP contribution in [0.5, 0.6) is 0 Å². The number of esters is 1. The molecule has 2 aliphatic rings. The highest BCUT2D eigenvalue weighted by molar-refractivity contribution is 7.20. The molecule has 170 valence electrons. The highest BCUT2D eigenvalue weighted by Crippen LogP contribution is 2.46. The lowest BCUT2D eigenvalue weighted by molar-refractivity contribution is 0.0602. The number of carbonyl (C=O) groups excluding carboxylic acids is 1. The van der Waals surface area contributed by atoms with Crippen LogP contribution in [0.2, 0.25) is 0 Å². The lowest BCUT2D eigenvalue weighted by Gasteiger charge is -2.23. The molecule has 0 spiro atoms. The Morgan fingerprint density at radius 1 is 1.41 bits per heavy atom. The van der Waals surface area contributed by atoms with E-state index in [1.54, 1.807) is 0 Å². The molecule has 3 N–H and O–H groups in total. The second-order valence-electron chi connectivity index (χ2n) is 8.53. The number of aliphatic hydroxyl groups is 1. The van der Waals surface area contributed by atoms with E-state index in [4.69, 9.17) is 15.2 Å². The number of anilines is 2. The fraction of sp³-hybridized carbons (Fsp3) is 0.478. The van der Waals surface area contributed by atoms with Crippen molar-refractivity contribution < 1.29 is 19.4 Å². The summed E-state index contributed by atoms with van der Waals surface area (Å²) >= 11 is 1.50. The molecule has 2 saturated heterocycles. The number of benzene rings is 1. The maximum absolute atomic E-state index is 12.6. The van der Waals surface area contributed by atoms with Gasteiger partial charge in [0, 0.05) is 32.2 Å². The zero-order valence-corrected chi connectivity index (χ0v) is 18.9. The van der Waals surface area contributed by atoms with E-state index < -0.39 is 5.97 Å². The first-order chi connectivity index (χ1) is 15.6. The molecule has 4 heterocycles. The molecule has 3 aromatic rings. The number of nitrogens with zero attached hydrogens (tertiary/aromatic N) is 3. The summed E-state index contributed by atoms with van der Waals surface area (Å²) in [6, 6.07) is 6.44. The van der Waals surface area contributed by atoms with Gasteiger partial charge in [-0.05, 0) is 37.0 Å². The van der Waals surface area contributed by atoms with Crippen LogP contribution in [0.4, 0.5) is 10.7 Å². The second kappa shape index (κ2) is 8.73. The van der Waals surface area contributed by atoms with Crippen molar-refractivity contribution in [3.05, 3.63) is 30.1 Å². The maximum Gasteiger partial charge on any atom is 0.343 e. The van der Waals surface area contributed by atoms with Crippen molar-refractivity contribution >= 4 is 39.0 Å². The van der Waals surface area contributed by atoms with E-state index in [0.29, 0.717) is 30.4 Å². The predicted octanol–water partition coefficient (Wildman–Crippen LogP) is 3.30. The van der Waals surface area contributed by atoms with Gasteiger partial charge in [0.05, 0.1) is 47.7 Å². The van der Waals surface area contributed by atoms with Gasteiger partial charge in [-0.15, -0.1) is 11.3 Å². The van der Waals surface area contributed by atoms with Gasteiger partial charge in [0.15, 0.2) is 0 Å². The van der Waals surface area contributed by atoms with Crippen LogP contribution in [0.15, 0.2) is 24.5 Å². The van der Waals surface area contributed by atoms with Gasteiger partial charge in [-0.25, -0.2) is 9.78 Å². The molecule has 5 rings (SSSR count). The molecule has 1 aromatic carbocycles. The molecule has 0 amide bonds. The standard InChI is InChI=1S/C23H28N4O4S/c1-30-23(29)19-20(24)21(32-22(19)26-7-6-14(10-26)11-28)15-4-5-18-17(9-15)25-13-27(18)16-3-2-8-31-12-16/h4-5,9,13-14,16,28H,2-3,6-8,10-12,24H2,1H3/t14-,16?/m0/s1. The van der Waals surface area contributed by atoms with Crippen LogP contribution in [0.1, 0.15) is 35.7 Å². The highest BCUT2D eigenvalue weighted by Gasteiger charge is 2.31. The number of hydrogen-bond acceptors (Lipinski definition) is 8. The largest absolute Gasteiger partial charge is 0.465 e. The number of ether oxygens (including phenoxy) is 2. The molecule has 0 radical (unpaired) electrons. The first-order valence-corrected chi connectivity index (χ1v) is 11.8. The van der Waals surface area contributed by atoms with Gasteiger partial charge in [0.25, 0.3) is 0 Å². The smallest absolute Gasteiger partial charge is 0.343 e. The quantitative estimate of drug-likeness (QED) is 0.568. The molecule has 0 saturated carbocycles. The van der Waals surface area contributed by atoms with Gasteiger partial charge in [-0.1, -0.05) is 6.07 Å². The van der Waals surface area contributed by atoms with Crippen LogP contribution in [0, 0.1) is 5.92 Å². The van der Waals surface area contributed by atoms with Crippen molar-refractivity contribution in [2.24, 2.45) is 5.92 Å². The van der Waals surface area contributed by atoms with Crippen molar-refractivity contribution in [1.82, 2.24) is 9.55 Å². The third-order valence-corrected chi connectivity index (χ3v) is 7.83. The number of nitrogen functional groups attached to an aromatic ring is 1. The summed E-state index contributed by atoms with van der Waals surface area (Å²) in [7, 11) is 1.37. The van der Waals surface area contributed by atoms with E-state index in [9.17, 15) is 9.90 Å². The molecule has 9 heteroatoms. The molecule has 8 nitrogen and oxygen atoms in total. The van der Waals surface area contributed by atoms with Crippen LogP contribution in [-0.2, 0) is 9.47 Å². The van der Waals surface area contributed by atoms with Crippen LogP contribution in [0.3, 0.4) is 0 Å². The maximum atomic E-state index is 12.6. The first kappa shape index (κ1) is 21.2. The van der Waals surface area contributed by atoms with Gasteiger partial charge in [-0.2, -0.15) is 0 Å². The molecule has 2 aromatic heterocycles. The lowest BCUT2D eigenvalue weighted by atomic mass is 10.1. The molecule has 2 atom stereocenters. The Bertz CT molecular complexity index is 1130. The number of methoxy groups -OCH3 is 1. The second-order valence-corrected chi connectivity index (χ2v) is 9.53. The van der Waals surface area contributed by atoms with Crippen molar-refractivity contribution in [1.29, 1.82) is 0 Å². The van der Waals surface area contributed by atoms with Gasteiger partial charge < -0.3 is 29.8 Å². The molecular formula is C23H28N4O4S. The lowest BCUT2D eigenvalue weighted by Crippen LogP contribution is -2.22. The van der Waals surface area contributed by atoms with Crippen molar-refractivity contribution in [2.45, 2.75) is 25.3 Å². The number of nitrogens with two attached hydrogens (primary N) is 1. The number of carbonyl (C=O) groups is 1. The minimum atomic E-state index is -0.435. The summed E-state index contributed by atoms with van der Waals surface area (Å²) < 4.78 is 12.9. The summed E-state index contributed by atoms with van der Waals surface area (Å²) in [6.07, 6.45) is 4.91. The van der Waals surface area contributed by atoms with Gasteiger partial charge in [0.2, 0.25) is 0 Å². The summed E-state index contributed by atoms with van der Waals surface area (Å²) in [5, 5.41) is 10.3. The Balaban J connectivity index is 1.53. The van der Waals surface area contributed by atoms with Crippen molar-refractivity contribution in [2.75, 3.05) is 50.7 Å². The Morgan fingerprint density at radius 2 is 2.28 bits per heavy atom. The van der Waals surface area contributed by atoms with Crippen LogP contribution in [0.25, 0.3) is 21.5 Å². The van der Waals surface area contributed by atoms with Crippen molar-refractivity contribution in [3.63, 3.8) is 0 Å². The topological polar surface area (TPSA) is 103 Å². The molecule has 32 heavy (non-hydrogen) atoms. The zero-order chi connectivity index (χ0) is 22.2. The number of aliphatic hydroxyl groups excluding tert-OH is 1. The normalized spacial score (nSPS) is 21.4. The van der Waals surface area contributed by atoms with Crippen LogP contribution in [-0.4, -0.2) is 60.6 Å². The van der Waals surface area contributed by atoms with E-state index in [-0.39, 0.29) is 12.5 Å². The fourth-order valence-corrected chi connectivity index (χ4v) is 5.98. The first-order valence-electron chi connectivity index (χ1n) is 11.0. The average Bonchev–Trinajstić information content (AvgIpc) is 3.55. The third-order valence-electron chi connectivity index (χ3n) is 6.51. The van der Waals surface area contributed by atoms with Crippen molar-refractivity contribution in [3.8, 4) is 10.4 Å². The van der Waals surface area contributed by atoms with Crippen LogP contribution >= 0.6 is 11.3 Å². The monoisotopic (exact) mass is 456 g/mol. The minimum Gasteiger partial charge on any atom is -0.465 e. The summed E-state index contributed by atoms with van der Waals surface area (Å²) in [5.41, 5.74) is 10.2. The molecule has 2 aliphatic heterocycles. The third kappa shape index (κ3) is 3.64. The van der Waals surface area contributed by atoms with E-state index in [1.165, 1.54) is 18.4 Å². The molecule has 1 unspecified atom stereocenters. The molecular weight excluding hydrogens is 428 g/mol. The number of rotatable bonds is 5. The van der Waals surface area contributed by atoms with E-state index in [1.807, 2.05) is 18.5 Å². The van der Waals surface area contributed by atoms with E-state index in [2.05, 4.69) is 20.5 Å². The summed E-state index contributed by atoms with van der Waals surface area (Å²) in [5.74, 6) is -0.230. The van der Waals surface area contributed by atoms with Gasteiger partial charge in [-0.3, -0.25) is 0 Å². The Morgan fingerprint density at radius 3 is 3.00 bits per heavy atom. The molecule has 0 aliphatic carbocycles. The Kier molecular flexibility index (Phi) is 5.79. The Labute approximate surface area is 190 Å². The van der Waals surface area contributed by atoms with E-state index >= 15 is 0 Å². The number of hydrogen-bond donors (Lipinski definition) is 2. The van der Waals surface area contributed by atoms with Gasteiger partial charge in [0.1, 0.15) is 10.6 Å². The number of aromatic nitrogens is 2. The predicted molar refractivity (Wildman–Crippen MR) is 125 cm³/mol. The average molecular weight is 457 g/mol. The summed E-state index contributed by atoms with van der Waals surface area (Å²) in [4.78, 5) is 20.2.